The number of imide groups is 1. The van der Waals surface area contributed by atoms with Crippen molar-refractivity contribution in [3.05, 3.63) is 35.9 Å². The highest BCUT2D eigenvalue weighted by Crippen LogP contribution is 2.26. The molecule has 0 saturated carbocycles. The molecule has 5 heteroatoms. The molecule has 0 aliphatic carbocycles. The topological polar surface area (TPSA) is 63.7 Å². The van der Waals surface area contributed by atoms with Crippen LogP contribution in [0.4, 0.5) is 0 Å². The van der Waals surface area contributed by atoms with Gasteiger partial charge in [0, 0.05) is 18.8 Å². The molecule has 1 fully saturated rings. The van der Waals surface area contributed by atoms with E-state index in [1.54, 1.807) is 0 Å². The van der Waals surface area contributed by atoms with Gasteiger partial charge < -0.3 is 4.74 Å². The molecule has 0 aromatic heterocycles. The Morgan fingerprint density at radius 2 is 1.64 bits per heavy atom. The molecule has 2 rings (SSSR count). The molecule has 154 valence electrons. The molecular weight excluding hydrogens is 354 g/mol. The average Bonchev–Trinajstić information content (AvgIpc) is 2.71. The summed E-state index contributed by atoms with van der Waals surface area (Å²) in [7, 11) is 1.43. The van der Waals surface area contributed by atoms with E-state index in [0.29, 0.717) is 25.8 Å². The van der Waals surface area contributed by atoms with Gasteiger partial charge >= 0.3 is 5.97 Å². The predicted molar refractivity (Wildman–Crippen MR) is 108 cm³/mol. The summed E-state index contributed by atoms with van der Waals surface area (Å²) in [5, 5.41) is 0. The van der Waals surface area contributed by atoms with Crippen LogP contribution in [0.1, 0.15) is 76.2 Å². The number of ether oxygens (including phenoxy) is 1. The van der Waals surface area contributed by atoms with Crippen molar-refractivity contribution in [2.24, 2.45) is 5.92 Å². The molecule has 5 nitrogen and oxygen atoms in total. The maximum Gasteiger partial charge on any atom is 0.305 e. The van der Waals surface area contributed by atoms with Gasteiger partial charge in [0.05, 0.1) is 13.7 Å². The second-order valence-electron chi connectivity index (χ2n) is 7.63. The molecule has 1 atom stereocenters. The number of piperidine rings is 1. The van der Waals surface area contributed by atoms with Crippen LogP contribution in [0.2, 0.25) is 0 Å². The van der Waals surface area contributed by atoms with E-state index < -0.39 is 0 Å². The standard InChI is InChI=1S/C23H33NO4/c1-28-22(26)15-11-6-4-2-3-5-10-14-20-16-17-21(25)24(23(20)27)18-19-12-8-7-9-13-19/h7-9,12-13,20H,2-6,10-11,14-18H2,1H3. The minimum Gasteiger partial charge on any atom is -0.469 e. The zero-order valence-electron chi connectivity index (χ0n) is 17.0. The summed E-state index contributed by atoms with van der Waals surface area (Å²) >= 11 is 0. The second-order valence-corrected chi connectivity index (χ2v) is 7.63. The molecule has 1 aromatic rings. The average molecular weight is 388 g/mol. The number of unbranched alkanes of at least 4 members (excludes halogenated alkanes) is 6. The van der Waals surface area contributed by atoms with Crippen LogP contribution in [-0.2, 0) is 25.7 Å². The molecule has 0 spiro atoms. The third kappa shape index (κ3) is 7.45. The van der Waals surface area contributed by atoms with E-state index in [9.17, 15) is 14.4 Å². The van der Waals surface area contributed by atoms with Gasteiger partial charge in [-0.2, -0.15) is 0 Å². The molecule has 1 aromatic carbocycles. The quantitative estimate of drug-likeness (QED) is 0.298. The fourth-order valence-corrected chi connectivity index (χ4v) is 3.75. The van der Waals surface area contributed by atoms with Gasteiger partial charge in [0.15, 0.2) is 0 Å². The summed E-state index contributed by atoms with van der Waals surface area (Å²) < 4.78 is 4.63. The van der Waals surface area contributed by atoms with Crippen molar-refractivity contribution in [1.82, 2.24) is 4.90 Å². The summed E-state index contributed by atoms with van der Waals surface area (Å²) in [5.74, 6) is -0.182. The van der Waals surface area contributed by atoms with Crippen molar-refractivity contribution in [2.45, 2.75) is 77.2 Å². The first-order chi connectivity index (χ1) is 13.6. The number of nitrogens with zero attached hydrogens (tertiary/aromatic N) is 1. The largest absolute Gasteiger partial charge is 0.469 e. The SMILES string of the molecule is COC(=O)CCCCCCCCCC1CCC(=O)N(Cc2ccccc2)C1=O. The van der Waals surface area contributed by atoms with E-state index in [1.165, 1.54) is 18.4 Å². The Hall–Kier alpha value is -2.17. The van der Waals surface area contributed by atoms with E-state index in [-0.39, 0.29) is 23.7 Å². The Morgan fingerprint density at radius 3 is 2.32 bits per heavy atom. The maximum absolute atomic E-state index is 12.7. The number of hydrogen-bond acceptors (Lipinski definition) is 4. The minimum absolute atomic E-state index is 0.00270. The second kappa shape index (κ2) is 12.3. The molecule has 1 unspecified atom stereocenters. The number of carbonyl (C=O) groups excluding carboxylic acids is 3. The van der Waals surface area contributed by atoms with Gasteiger partial charge in [-0.05, 0) is 24.8 Å². The van der Waals surface area contributed by atoms with Crippen molar-refractivity contribution >= 4 is 17.8 Å². The van der Waals surface area contributed by atoms with Crippen molar-refractivity contribution < 1.29 is 19.1 Å². The zero-order chi connectivity index (χ0) is 20.2. The highest BCUT2D eigenvalue weighted by molar-refractivity contribution is 5.98. The minimum atomic E-state index is -0.128. The maximum atomic E-state index is 12.7. The van der Waals surface area contributed by atoms with Crippen molar-refractivity contribution in [3.8, 4) is 0 Å². The molecule has 1 aliphatic heterocycles. The van der Waals surface area contributed by atoms with Crippen LogP contribution in [0.15, 0.2) is 30.3 Å². The number of rotatable bonds is 12. The summed E-state index contributed by atoms with van der Waals surface area (Å²) in [5.41, 5.74) is 0.997. The lowest BCUT2D eigenvalue weighted by atomic mass is 9.90. The number of benzene rings is 1. The Morgan fingerprint density at radius 1 is 1.00 bits per heavy atom. The van der Waals surface area contributed by atoms with Crippen LogP contribution in [0.5, 0.6) is 0 Å². The van der Waals surface area contributed by atoms with E-state index >= 15 is 0 Å². The van der Waals surface area contributed by atoms with Crippen molar-refractivity contribution in [3.63, 3.8) is 0 Å². The normalized spacial score (nSPS) is 17.0. The lowest BCUT2D eigenvalue weighted by molar-refractivity contribution is -0.152. The summed E-state index contributed by atoms with van der Waals surface area (Å²) in [6.07, 6.45) is 10.1. The van der Waals surface area contributed by atoms with Gasteiger partial charge in [-0.25, -0.2) is 0 Å². The van der Waals surface area contributed by atoms with Crippen LogP contribution in [0.3, 0.4) is 0 Å². The van der Waals surface area contributed by atoms with Crippen LogP contribution >= 0.6 is 0 Å². The third-order valence-corrected chi connectivity index (χ3v) is 5.47. The first-order valence-corrected chi connectivity index (χ1v) is 10.6. The lowest BCUT2D eigenvalue weighted by Gasteiger charge is -2.30. The number of carbonyl (C=O) groups is 3. The number of hydrogen-bond donors (Lipinski definition) is 0. The summed E-state index contributed by atoms with van der Waals surface area (Å²) in [6, 6.07) is 9.71. The van der Waals surface area contributed by atoms with E-state index in [0.717, 1.165) is 50.5 Å². The van der Waals surface area contributed by atoms with Crippen LogP contribution in [-0.4, -0.2) is 29.8 Å². The van der Waals surface area contributed by atoms with E-state index in [1.807, 2.05) is 30.3 Å². The molecule has 0 N–H and O–H groups in total. The highest BCUT2D eigenvalue weighted by Gasteiger charge is 2.33. The Kier molecular flexibility index (Phi) is 9.73. The molecule has 0 radical (unpaired) electrons. The summed E-state index contributed by atoms with van der Waals surface area (Å²) in [6.45, 7) is 0.389. The van der Waals surface area contributed by atoms with E-state index in [2.05, 4.69) is 4.74 Å². The number of likely N-dealkylation sites (tertiary alicyclic amines) is 1. The highest BCUT2D eigenvalue weighted by atomic mass is 16.5. The molecule has 0 bridgehead atoms. The Balaban J connectivity index is 1.61. The zero-order valence-corrected chi connectivity index (χ0v) is 17.0. The van der Waals surface area contributed by atoms with Gasteiger partial charge in [-0.3, -0.25) is 19.3 Å². The summed E-state index contributed by atoms with van der Waals surface area (Å²) in [4.78, 5) is 37.4. The number of esters is 1. The van der Waals surface area contributed by atoms with Crippen LogP contribution in [0, 0.1) is 5.92 Å². The van der Waals surface area contributed by atoms with Crippen LogP contribution in [0.25, 0.3) is 0 Å². The fraction of sp³-hybridized carbons (Fsp3) is 0.609. The third-order valence-electron chi connectivity index (χ3n) is 5.47. The molecule has 2 amide bonds. The van der Waals surface area contributed by atoms with Crippen LogP contribution < -0.4 is 0 Å². The van der Waals surface area contributed by atoms with Crippen molar-refractivity contribution in [1.29, 1.82) is 0 Å². The first kappa shape index (κ1) is 22.1. The van der Waals surface area contributed by atoms with Gasteiger partial charge in [0.25, 0.3) is 0 Å². The smallest absolute Gasteiger partial charge is 0.305 e. The Labute approximate surface area is 168 Å². The van der Waals surface area contributed by atoms with Gasteiger partial charge in [-0.15, -0.1) is 0 Å². The van der Waals surface area contributed by atoms with Gasteiger partial charge in [0.1, 0.15) is 0 Å². The monoisotopic (exact) mass is 387 g/mol. The number of amides is 2. The fourth-order valence-electron chi connectivity index (χ4n) is 3.75. The molecule has 1 heterocycles. The Bertz CT molecular complexity index is 629. The molecule has 1 aliphatic rings. The van der Waals surface area contributed by atoms with E-state index in [4.69, 9.17) is 0 Å². The molecule has 28 heavy (non-hydrogen) atoms. The number of methoxy groups -OCH3 is 1. The first-order valence-electron chi connectivity index (χ1n) is 10.6. The lowest BCUT2D eigenvalue weighted by Crippen LogP contribution is -2.44. The van der Waals surface area contributed by atoms with Gasteiger partial charge in [0.2, 0.25) is 11.8 Å². The molecule has 1 saturated heterocycles. The predicted octanol–water partition coefficient (Wildman–Crippen LogP) is 4.64. The van der Waals surface area contributed by atoms with Gasteiger partial charge in [-0.1, -0.05) is 68.9 Å². The molecular formula is C23H33NO4. The van der Waals surface area contributed by atoms with Crippen molar-refractivity contribution in [2.75, 3.05) is 7.11 Å².